The van der Waals surface area contributed by atoms with Crippen LogP contribution in [0.25, 0.3) is 6.08 Å². The summed E-state index contributed by atoms with van der Waals surface area (Å²) in [4.78, 5) is 0. The molecule has 2 aromatic rings. The number of aliphatic hydroxyl groups is 2. The van der Waals surface area contributed by atoms with Crippen molar-refractivity contribution in [2.24, 2.45) is 0 Å². The van der Waals surface area contributed by atoms with Crippen LogP contribution in [0, 0.1) is 0 Å². The Labute approximate surface area is 151 Å². The van der Waals surface area contributed by atoms with E-state index in [-0.39, 0.29) is 24.9 Å². The van der Waals surface area contributed by atoms with Gasteiger partial charge >= 0.3 is 0 Å². The predicted octanol–water partition coefficient (Wildman–Crippen LogP) is 2.62. The van der Waals surface area contributed by atoms with E-state index >= 15 is 0 Å². The SMILES string of the molecule is COc1cc([C@H]2Oc3c(OC)cc(C=CCO)cc3[C@@H]2CO)ccc1O. The van der Waals surface area contributed by atoms with E-state index in [0.29, 0.717) is 17.2 Å². The molecular formula is C20H22O6. The Balaban J connectivity index is 2.04. The van der Waals surface area contributed by atoms with E-state index in [0.717, 1.165) is 16.7 Å². The standard InChI is InChI=1S/C20H22O6/c1-24-17-10-13(5-6-16(17)23)19-15(11-22)14-8-12(4-3-7-21)9-18(25-2)20(14)26-19/h3-6,8-10,15,19,21-23H,7,11H2,1-2H3/t15-,19+/m0/s1. The van der Waals surface area contributed by atoms with Gasteiger partial charge in [-0.3, -0.25) is 0 Å². The zero-order chi connectivity index (χ0) is 18.7. The van der Waals surface area contributed by atoms with Crippen LogP contribution in [0.3, 0.4) is 0 Å². The average Bonchev–Trinajstić information content (AvgIpc) is 3.04. The molecule has 0 amide bonds. The van der Waals surface area contributed by atoms with Gasteiger partial charge in [0.2, 0.25) is 0 Å². The molecule has 6 heteroatoms. The minimum atomic E-state index is -0.435. The molecule has 3 N–H and O–H groups in total. The molecule has 1 aliphatic rings. The maximum atomic E-state index is 10.00. The summed E-state index contributed by atoms with van der Waals surface area (Å²) in [6, 6.07) is 8.73. The fourth-order valence-electron chi connectivity index (χ4n) is 3.22. The third kappa shape index (κ3) is 3.21. The second-order valence-corrected chi connectivity index (χ2v) is 5.99. The first kappa shape index (κ1) is 18.1. The molecule has 1 aliphatic heterocycles. The fraction of sp³-hybridized carbons (Fsp3) is 0.300. The van der Waals surface area contributed by atoms with Crippen LogP contribution >= 0.6 is 0 Å². The molecule has 26 heavy (non-hydrogen) atoms. The Hall–Kier alpha value is -2.70. The molecule has 0 aromatic heterocycles. The van der Waals surface area contributed by atoms with Crippen molar-refractivity contribution >= 4 is 6.08 Å². The summed E-state index contributed by atoms with van der Waals surface area (Å²) >= 11 is 0. The summed E-state index contributed by atoms with van der Waals surface area (Å²) in [5.74, 6) is 1.24. The van der Waals surface area contributed by atoms with Gasteiger partial charge in [0.25, 0.3) is 0 Å². The Kier molecular flexibility index (Phi) is 5.35. The first-order valence-corrected chi connectivity index (χ1v) is 8.26. The zero-order valence-corrected chi connectivity index (χ0v) is 14.7. The number of ether oxygens (including phenoxy) is 3. The van der Waals surface area contributed by atoms with Crippen molar-refractivity contribution in [3.05, 3.63) is 53.1 Å². The summed E-state index contributed by atoms with van der Waals surface area (Å²) in [5.41, 5.74) is 2.46. The van der Waals surface area contributed by atoms with Gasteiger partial charge in [-0.15, -0.1) is 0 Å². The maximum Gasteiger partial charge on any atom is 0.165 e. The highest BCUT2D eigenvalue weighted by Crippen LogP contribution is 2.51. The van der Waals surface area contributed by atoms with Crippen LogP contribution in [0.4, 0.5) is 0 Å². The van der Waals surface area contributed by atoms with Gasteiger partial charge < -0.3 is 29.5 Å². The number of phenols is 1. The number of fused-ring (bicyclic) bond motifs is 1. The van der Waals surface area contributed by atoms with Crippen molar-refractivity contribution in [1.82, 2.24) is 0 Å². The van der Waals surface area contributed by atoms with Crippen LogP contribution < -0.4 is 14.2 Å². The monoisotopic (exact) mass is 358 g/mol. The maximum absolute atomic E-state index is 10.00. The van der Waals surface area contributed by atoms with E-state index in [1.807, 2.05) is 12.1 Å². The molecule has 1 heterocycles. The summed E-state index contributed by atoms with van der Waals surface area (Å²) in [6.45, 7) is -0.174. The molecule has 0 saturated carbocycles. The first-order chi connectivity index (χ1) is 12.6. The average molecular weight is 358 g/mol. The second-order valence-electron chi connectivity index (χ2n) is 5.99. The second kappa shape index (κ2) is 7.68. The summed E-state index contributed by atoms with van der Waals surface area (Å²) in [5, 5.41) is 28.8. The van der Waals surface area contributed by atoms with E-state index in [9.17, 15) is 10.2 Å². The van der Waals surface area contributed by atoms with Crippen LogP contribution in [0.5, 0.6) is 23.0 Å². The first-order valence-electron chi connectivity index (χ1n) is 8.26. The Morgan fingerprint density at radius 1 is 1.08 bits per heavy atom. The molecule has 0 fully saturated rings. The van der Waals surface area contributed by atoms with E-state index < -0.39 is 6.10 Å². The normalized spacial score (nSPS) is 18.6. The molecule has 0 spiro atoms. The van der Waals surface area contributed by atoms with Crippen LogP contribution in [0.1, 0.15) is 28.7 Å². The predicted molar refractivity (Wildman–Crippen MR) is 97.0 cm³/mol. The highest BCUT2D eigenvalue weighted by molar-refractivity contribution is 5.62. The number of benzene rings is 2. The van der Waals surface area contributed by atoms with Gasteiger partial charge in [-0.1, -0.05) is 18.2 Å². The van der Waals surface area contributed by atoms with Crippen LogP contribution in [-0.2, 0) is 0 Å². The lowest BCUT2D eigenvalue weighted by atomic mass is 9.90. The lowest BCUT2D eigenvalue weighted by Gasteiger charge is -2.18. The molecule has 138 valence electrons. The third-order valence-corrected chi connectivity index (χ3v) is 4.48. The summed E-state index contributed by atoms with van der Waals surface area (Å²) in [7, 11) is 3.04. The number of hydrogen-bond acceptors (Lipinski definition) is 6. The smallest absolute Gasteiger partial charge is 0.165 e. The molecule has 2 aromatic carbocycles. The number of rotatable bonds is 6. The van der Waals surface area contributed by atoms with Gasteiger partial charge in [0.1, 0.15) is 6.10 Å². The Bertz CT molecular complexity index is 814. The van der Waals surface area contributed by atoms with Gasteiger partial charge in [-0.2, -0.15) is 0 Å². The molecular weight excluding hydrogens is 336 g/mol. The van der Waals surface area contributed by atoms with E-state index in [1.165, 1.54) is 7.11 Å². The van der Waals surface area contributed by atoms with Crippen molar-refractivity contribution in [2.45, 2.75) is 12.0 Å². The molecule has 2 atom stereocenters. The number of hydrogen-bond donors (Lipinski definition) is 3. The van der Waals surface area contributed by atoms with Crippen molar-refractivity contribution in [3.63, 3.8) is 0 Å². The Morgan fingerprint density at radius 2 is 1.85 bits per heavy atom. The molecule has 0 saturated heterocycles. The Morgan fingerprint density at radius 3 is 2.50 bits per heavy atom. The van der Waals surface area contributed by atoms with Crippen molar-refractivity contribution in [3.8, 4) is 23.0 Å². The molecule has 6 nitrogen and oxygen atoms in total. The highest BCUT2D eigenvalue weighted by atomic mass is 16.5. The van der Waals surface area contributed by atoms with Gasteiger partial charge in [-0.05, 0) is 35.4 Å². The van der Waals surface area contributed by atoms with Crippen molar-refractivity contribution < 1.29 is 29.5 Å². The van der Waals surface area contributed by atoms with Crippen LogP contribution in [0.2, 0.25) is 0 Å². The fourth-order valence-corrected chi connectivity index (χ4v) is 3.22. The number of phenolic OH excluding ortho intramolecular Hbond substituents is 1. The molecule has 0 bridgehead atoms. The molecule has 0 radical (unpaired) electrons. The minimum Gasteiger partial charge on any atom is -0.504 e. The van der Waals surface area contributed by atoms with Gasteiger partial charge in [0.05, 0.1) is 33.4 Å². The van der Waals surface area contributed by atoms with E-state index in [4.69, 9.17) is 19.3 Å². The van der Waals surface area contributed by atoms with Crippen molar-refractivity contribution in [2.75, 3.05) is 27.4 Å². The summed E-state index contributed by atoms with van der Waals surface area (Å²) < 4.78 is 16.7. The number of aromatic hydroxyl groups is 1. The van der Waals surface area contributed by atoms with E-state index in [2.05, 4.69) is 0 Å². The highest BCUT2D eigenvalue weighted by Gasteiger charge is 2.37. The minimum absolute atomic E-state index is 0.0429. The quantitative estimate of drug-likeness (QED) is 0.736. The van der Waals surface area contributed by atoms with Crippen molar-refractivity contribution in [1.29, 1.82) is 0 Å². The lowest BCUT2D eigenvalue weighted by Crippen LogP contribution is -2.13. The third-order valence-electron chi connectivity index (χ3n) is 4.48. The summed E-state index contributed by atoms with van der Waals surface area (Å²) in [6.07, 6.45) is 2.98. The van der Waals surface area contributed by atoms with E-state index in [1.54, 1.807) is 37.5 Å². The van der Waals surface area contributed by atoms with Crippen LogP contribution in [0.15, 0.2) is 36.4 Å². The lowest BCUT2D eigenvalue weighted by molar-refractivity contribution is 0.157. The molecule has 0 unspecified atom stereocenters. The van der Waals surface area contributed by atoms with Crippen LogP contribution in [-0.4, -0.2) is 42.8 Å². The van der Waals surface area contributed by atoms with Gasteiger partial charge in [0, 0.05) is 5.56 Å². The van der Waals surface area contributed by atoms with Gasteiger partial charge in [0.15, 0.2) is 23.0 Å². The number of aliphatic hydroxyl groups excluding tert-OH is 2. The molecule has 3 rings (SSSR count). The zero-order valence-electron chi connectivity index (χ0n) is 14.7. The molecule has 0 aliphatic carbocycles. The number of methoxy groups -OCH3 is 2. The van der Waals surface area contributed by atoms with Gasteiger partial charge in [-0.25, -0.2) is 0 Å². The topological polar surface area (TPSA) is 88.4 Å². The largest absolute Gasteiger partial charge is 0.504 e.